The maximum absolute atomic E-state index is 12.9. The van der Waals surface area contributed by atoms with Crippen molar-refractivity contribution < 1.29 is 26.4 Å². The Hall–Kier alpha value is -2.68. The zero-order chi connectivity index (χ0) is 20.4. The highest BCUT2D eigenvalue weighted by Crippen LogP contribution is 2.30. The number of nitrogens with zero attached hydrogens (tertiary/aromatic N) is 2. The first kappa shape index (κ1) is 20.1. The van der Waals surface area contributed by atoms with E-state index in [1.165, 1.54) is 23.1 Å². The molecule has 148 valence electrons. The monoisotopic (exact) mass is 410 g/mol. The number of rotatable bonds is 5. The van der Waals surface area contributed by atoms with E-state index in [1.807, 2.05) is 0 Å². The molecule has 1 unspecified atom stereocenters. The molecule has 1 atom stereocenters. The molecule has 5 nitrogen and oxygen atoms in total. The summed E-state index contributed by atoms with van der Waals surface area (Å²) < 4.78 is 62.3. The second kappa shape index (κ2) is 7.75. The van der Waals surface area contributed by atoms with Gasteiger partial charge in [-0.1, -0.05) is 18.2 Å². The topological polar surface area (TPSA) is 67.3 Å². The van der Waals surface area contributed by atoms with Crippen LogP contribution in [0.25, 0.3) is 0 Å². The third-order valence-corrected chi connectivity index (χ3v) is 5.72. The quantitative estimate of drug-likeness (QED) is 0.760. The van der Waals surface area contributed by atoms with Crippen LogP contribution in [-0.2, 0) is 33.8 Å². The number of amides is 1. The van der Waals surface area contributed by atoms with Gasteiger partial charge in [0.1, 0.15) is 0 Å². The van der Waals surface area contributed by atoms with Gasteiger partial charge >= 0.3 is 6.18 Å². The number of hydrogen-bond donors (Lipinski definition) is 0. The van der Waals surface area contributed by atoms with E-state index in [2.05, 4.69) is 4.98 Å². The van der Waals surface area contributed by atoms with Gasteiger partial charge in [0.15, 0.2) is 9.84 Å². The summed E-state index contributed by atoms with van der Waals surface area (Å²) in [6.07, 6.45) is -0.240. The minimum atomic E-state index is -4.50. The van der Waals surface area contributed by atoms with Crippen molar-refractivity contribution in [2.45, 2.75) is 25.2 Å². The molecule has 2 heterocycles. The van der Waals surface area contributed by atoms with Crippen molar-refractivity contribution in [3.63, 3.8) is 0 Å². The third-order valence-electron chi connectivity index (χ3n) is 4.34. The molecule has 0 aliphatic carbocycles. The smallest absolute Gasteiger partial charge is 0.331 e. The molecule has 1 amide bonds. The molecule has 0 saturated heterocycles. The van der Waals surface area contributed by atoms with Crippen LogP contribution in [0.1, 0.15) is 16.7 Å². The molecule has 9 heteroatoms. The molecular formula is C19H17F3N2O3S. The van der Waals surface area contributed by atoms with Crippen LogP contribution < -0.4 is 0 Å². The van der Waals surface area contributed by atoms with Crippen molar-refractivity contribution >= 4 is 15.7 Å². The molecule has 0 radical (unpaired) electrons. The molecule has 1 aliphatic rings. The van der Waals surface area contributed by atoms with Crippen LogP contribution in [0.15, 0.2) is 60.3 Å². The van der Waals surface area contributed by atoms with E-state index >= 15 is 0 Å². The predicted octanol–water partition coefficient (Wildman–Crippen LogP) is 2.98. The van der Waals surface area contributed by atoms with Crippen LogP contribution in [0.4, 0.5) is 13.2 Å². The minimum absolute atomic E-state index is 0.130. The van der Waals surface area contributed by atoms with E-state index in [-0.39, 0.29) is 24.3 Å². The first-order valence-electron chi connectivity index (χ1n) is 8.39. The molecule has 0 saturated carbocycles. The van der Waals surface area contributed by atoms with E-state index in [0.29, 0.717) is 0 Å². The van der Waals surface area contributed by atoms with Gasteiger partial charge in [0.25, 0.3) is 0 Å². The van der Waals surface area contributed by atoms with Crippen LogP contribution in [0.5, 0.6) is 0 Å². The van der Waals surface area contributed by atoms with Crippen molar-refractivity contribution in [1.29, 1.82) is 0 Å². The zero-order valence-corrected chi connectivity index (χ0v) is 15.4. The molecule has 0 spiro atoms. The van der Waals surface area contributed by atoms with Crippen LogP contribution in [0.3, 0.4) is 0 Å². The normalized spacial score (nSPS) is 18.2. The Labute approximate surface area is 160 Å². The van der Waals surface area contributed by atoms with Crippen LogP contribution in [-0.4, -0.2) is 36.0 Å². The van der Waals surface area contributed by atoms with E-state index in [1.54, 1.807) is 24.5 Å². The SMILES string of the molecule is O=C(Cc1cccc(C(F)(F)F)c1)N(Cc1ccncc1)C1C=CS(=O)(=O)C1. The minimum Gasteiger partial charge on any atom is -0.331 e. The predicted molar refractivity (Wildman–Crippen MR) is 96.6 cm³/mol. The van der Waals surface area contributed by atoms with Crippen molar-refractivity contribution in [1.82, 2.24) is 9.88 Å². The molecule has 0 fully saturated rings. The number of carbonyl (C=O) groups excluding carboxylic acids is 1. The molecule has 1 aromatic carbocycles. The van der Waals surface area contributed by atoms with Gasteiger partial charge < -0.3 is 4.90 Å². The van der Waals surface area contributed by atoms with Crippen molar-refractivity contribution in [2.24, 2.45) is 0 Å². The maximum Gasteiger partial charge on any atom is 0.416 e. The highest BCUT2D eigenvalue weighted by atomic mass is 32.2. The van der Waals surface area contributed by atoms with Gasteiger partial charge in [0.05, 0.1) is 23.8 Å². The third kappa shape index (κ3) is 4.98. The van der Waals surface area contributed by atoms with Crippen molar-refractivity contribution in [2.75, 3.05) is 5.75 Å². The number of carbonyl (C=O) groups is 1. The summed E-state index contributed by atoms with van der Waals surface area (Å²) in [6.45, 7) is 0.130. The Balaban J connectivity index is 1.83. The molecule has 0 bridgehead atoms. The maximum atomic E-state index is 12.9. The lowest BCUT2D eigenvalue weighted by atomic mass is 10.1. The van der Waals surface area contributed by atoms with Gasteiger partial charge in [-0.2, -0.15) is 13.2 Å². The number of sulfone groups is 1. The van der Waals surface area contributed by atoms with E-state index in [4.69, 9.17) is 0 Å². The Morgan fingerprint density at radius 3 is 2.46 bits per heavy atom. The summed E-state index contributed by atoms with van der Waals surface area (Å²) in [7, 11) is -3.40. The summed E-state index contributed by atoms with van der Waals surface area (Å²) in [4.78, 5) is 18.1. The fraction of sp³-hybridized carbons (Fsp3) is 0.263. The summed E-state index contributed by atoms with van der Waals surface area (Å²) >= 11 is 0. The number of hydrogen-bond acceptors (Lipinski definition) is 4. The molecule has 28 heavy (non-hydrogen) atoms. The first-order valence-corrected chi connectivity index (χ1v) is 10.1. The summed E-state index contributed by atoms with van der Waals surface area (Å²) in [5.74, 6) is -0.699. The number of benzene rings is 1. The molecular weight excluding hydrogens is 393 g/mol. The molecule has 3 rings (SSSR count). The van der Waals surface area contributed by atoms with Gasteiger partial charge in [0, 0.05) is 24.3 Å². The Morgan fingerprint density at radius 1 is 1.14 bits per heavy atom. The van der Waals surface area contributed by atoms with Crippen LogP contribution >= 0.6 is 0 Å². The average Bonchev–Trinajstić information content (AvgIpc) is 2.99. The van der Waals surface area contributed by atoms with E-state index < -0.39 is 33.5 Å². The second-order valence-corrected chi connectivity index (χ2v) is 8.41. The number of pyridine rings is 1. The Morgan fingerprint density at radius 2 is 1.86 bits per heavy atom. The van der Waals surface area contributed by atoms with Gasteiger partial charge in [-0.25, -0.2) is 8.42 Å². The Bertz CT molecular complexity index is 989. The van der Waals surface area contributed by atoms with Crippen molar-refractivity contribution in [3.05, 3.63) is 77.0 Å². The lowest BCUT2D eigenvalue weighted by molar-refractivity contribution is -0.138. The average molecular weight is 410 g/mol. The zero-order valence-electron chi connectivity index (χ0n) is 14.6. The van der Waals surface area contributed by atoms with Gasteiger partial charge in [-0.3, -0.25) is 9.78 Å². The lowest BCUT2D eigenvalue weighted by Crippen LogP contribution is -2.41. The van der Waals surface area contributed by atoms with Gasteiger partial charge in [-0.15, -0.1) is 0 Å². The standard InChI is InChI=1S/C19H17F3N2O3S/c20-19(21,22)16-3-1-2-15(10-16)11-18(25)24(12-14-4-7-23-8-5-14)17-6-9-28(26,27)13-17/h1-10,17H,11-13H2. The fourth-order valence-corrected chi connectivity index (χ4v) is 4.26. The van der Waals surface area contributed by atoms with E-state index in [9.17, 15) is 26.4 Å². The second-order valence-electron chi connectivity index (χ2n) is 6.48. The number of alkyl halides is 3. The molecule has 0 N–H and O–H groups in total. The highest BCUT2D eigenvalue weighted by molar-refractivity contribution is 7.94. The lowest BCUT2D eigenvalue weighted by Gasteiger charge is -2.28. The summed E-state index contributed by atoms with van der Waals surface area (Å²) in [6, 6.07) is 7.28. The largest absolute Gasteiger partial charge is 0.416 e. The molecule has 1 aliphatic heterocycles. The molecule has 2 aromatic rings. The van der Waals surface area contributed by atoms with Gasteiger partial charge in [-0.05, 0) is 35.4 Å². The Kier molecular flexibility index (Phi) is 5.55. The highest BCUT2D eigenvalue weighted by Gasteiger charge is 2.32. The number of aromatic nitrogens is 1. The van der Waals surface area contributed by atoms with Gasteiger partial charge in [0.2, 0.25) is 5.91 Å². The van der Waals surface area contributed by atoms with Crippen LogP contribution in [0, 0.1) is 0 Å². The first-order chi connectivity index (χ1) is 13.1. The summed E-state index contributed by atoms with van der Waals surface area (Å²) in [5.41, 5.74) is 0.122. The van der Waals surface area contributed by atoms with E-state index in [0.717, 1.165) is 23.1 Å². The van der Waals surface area contributed by atoms with Crippen LogP contribution in [0.2, 0.25) is 0 Å². The fourth-order valence-electron chi connectivity index (χ4n) is 2.96. The summed E-state index contributed by atoms with van der Waals surface area (Å²) in [5, 5.41) is 1.06. The number of halogens is 3. The molecule has 1 aromatic heterocycles. The van der Waals surface area contributed by atoms with Crippen molar-refractivity contribution in [3.8, 4) is 0 Å².